The van der Waals surface area contributed by atoms with E-state index in [1.165, 1.54) is 12.1 Å². The zero-order valence-electron chi connectivity index (χ0n) is 9.35. The zero-order valence-corrected chi connectivity index (χ0v) is 13.3. The third-order valence-corrected chi connectivity index (χ3v) is 5.22. The fourth-order valence-corrected chi connectivity index (χ4v) is 4.33. The molecule has 1 aromatic rings. The predicted octanol–water partition coefficient (Wildman–Crippen LogP) is 1.89. The van der Waals surface area contributed by atoms with E-state index < -0.39 is 31.4 Å². The maximum absolute atomic E-state index is 11.7. The van der Waals surface area contributed by atoms with Gasteiger partial charge in [0.05, 0.1) is 22.2 Å². The summed E-state index contributed by atoms with van der Waals surface area (Å²) in [5.74, 6) is -0.942. The average Bonchev–Trinajstić information content (AvgIpc) is 2.20. The smallest absolute Gasteiger partial charge is 0.233 e. The number of halogens is 2. The van der Waals surface area contributed by atoms with Crippen LogP contribution in [-0.4, -0.2) is 34.6 Å². The molecule has 9 heteroatoms. The molecule has 5 nitrogen and oxygen atoms in total. The summed E-state index contributed by atoms with van der Waals surface area (Å²) in [6.45, 7) is 0. The van der Waals surface area contributed by atoms with E-state index in [1.54, 1.807) is 6.07 Å². The molecule has 0 unspecified atom stereocenters. The molecule has 1 aromatic carbocycles. The molecule has 102 valence electrons. The summed E-state index contributed by atoms with van der Waals surface area (Å²) < 4.78 is 48.1. The normalized spacial score (nSPS) is 12.4. The SMILES string of the molecule is CS(=O)(=O)CCS(=O)(=O)Nc1cc(Br)ccc1Cl. The first kappa shape index (κ1) is 15.7. The first-order valence-electron chi connectivity index (χ1n) is 4.72. The maximum Gasteiger partial charge on any atom is 0.233 e. The summed E-state index contributed by atoms with van der Waals surface area (Å²) in [6.07, 6.45) is 0.981. The third-order valence-electron chi connectivity index (χ3n) is 1.92. The van der Waals surface area contributed by atoms with Crippen molar-refractivity contribution in [2.75, 3.05) is 22.5 Å². The lowest BCUT2D eigenvalue weighted by Crippen LogP contribution is -2.22. The van der Waals surface area contributed by atoms with E-state index in [1.807, 2.05) is 0 Å². The van der Waals surface area contributed by atoms with E-state index in [2.05, 4.69) is 20.7 Å². The third kappa shape index (κ3) is 5.55. The highest BCUT2D eigenvalue weighted by Crippen LogP contribution is 2.26. The van der Waals surface area contributed by atoms with Gasteiger partial charge in [0.1, 0.15) is 9.84 Å². The van der Waals surface area contributed by atoms with Crippen LogP contribution in [0.1, 0.15) is 0 Å². The summed E-state index contributed by atoms with van der Waals surface area (Å²) >= 11 is 9.01. The van der Waals surface area contributed by atoms with Crippen molar-refractivity contribution in [3.63, 3.8) is 0 Å². The second kappa shape index (κ2) is 5.77. The zero-order chi connectivity index (χ0) is 14.0. The lowest BCUT2D eigenvalue weighted by Gasteiger charge is -2.09. The number of hydrogen-bond acceptors (Lipinski definition) is 4. The number of rotatable bonds is 5. The molecule has 0 atom stereocenters. The van der Waals surface area contributed by atoms with Crippen LogP contribution >= 0.6 is 27.5 Å². The van der Waals surface area contributed by atoms with Gasteiger partial charge < -0.3 is 0 Å². The number of nitrogens with one attached hydrogen (secondary N) is 1. The lowest BCUT2D eigenvalue weighted by molar-refractivity contribution is 0.593. The van der Waals surface area contributed by atoms with Gasteiger partial charge in [0.25, 0.3) is 0 Å². The predicted molar refractivity (Wildman–Crippen MR) is 76.3 cm³/mol. The van der Waals surface area contributed by atoms with Crippen LogP contribution in [0.3, 0.4) is 0 Å². The van der Waals surface area contributed by atoms with Gasteiger partial charge in [-0.2, -0.15) is 0 Å². The van der Waals surface area contributed by atoms with Gasteiger partial charge in [-0.1, -0.05) is 27.5 Å². The van der Waals surface area contributed by atoms with Gasteiger partial charge in [-0.25, -0.2) is 16.8 Å². The van der Waals surface area contributed by atoms with E-state index in [-0.39, 0.29) is 10.7 Å². The Balaban J connectivity index is 2.86. The van der Waals surface area contributed by atoms with Gasteiger partial charge in [0.2, 0.25) is 10.0 Å². The Morgan fingerprint density at radius 3 is 2.39 bits per heavy atom. The Morgan fingerprint density at radius 1 is 1.22 bits per heavy atom. The van der Waals surface area contributed by atoms with Crippen LogP contribution in [0.4, 0.5) is 5.69 Å². The van der Waals surface area contributed by atoms with Gasteiger partial charge in [-0.15, -0.1) is 0 Å². The molecule has 0 spiro atoms. The Morgan fingerprint density at radius 2 is 1.83 bits per heavy atom. The molecule has 0 bridgehead atoms. The molecule has 1 N–H and O–H groups in total. The molecule has 0 radical (unpaired) electrons. The number of sulfone groups is 1. The van der Waals surface area contributed by atoms with Crippen LogP contribution in [0, 0.1) is 0 Å². The summed E-state index contributed by atoms with van der Waals surface area (Å²) in [7, 11) is -7.07. The molecule has 0 saturated carbocycles. The Labute approximate surface area is 120 Å². The fourth-order valence-electron chi connectivity index (χ4n) is 1.06. The minimum atomic E-state index is -3.74. The second-order valence-electron chi connectivity index (χ2n) is 3.67. The lowest BCUT2D eigenvalue weighted by atomic mass is 10.3. The van der Waals surface area contributed by atoms with Crippen LogP contribution in [-0.2, 0) is 19.9 Å². The first-order chi connectivity index (χ1) is 8.09. The van der Waals surface area contributed by atoms with E-state index in [0.29, 0.717) is 4.47 Å². The van der Waals surface area contributed by atoms with E-state index in [0.717, 1.165) is 6.26 Å². The number of benzene rings is 1. The number of anilines is 1. The molecule has 1 rings (SSSR count). The minimum absolute atomic E-state index is 0.208. The number of sulfonamides is 1. The highest BCUT2D eigenvalue weighted by molar-refractivity contribution is 9.10. The van der Waals surface area contributed by atoms with Crippen molar-refractivity contribution in [2.24, 2.45) is 0 Å². The van der Waals surface area contributed by atoms with Crippen LogP contribution in [0.5, 0.6) is 0 Å². The van der Waals surface area contributed by atoms with Crippen LogP contribution < -0.4 is 4.72 Å². The average molecular weight is 377 g/mol. The molecule has 0 fully saturated rings. The summed E-state index contributed by atoms with van der Waals surface area (Å²) in [5, 5.41) is 0.237. The molecular formula is C9H11BrClNO4S2. The van der Waals surface area contributed by atoms with Gasteiger partial charge in [0, 0.05) is 10.7 Å². The fraction of sp³-hybridized carbons (Fsp3) is 0.333. The largest absolute Gasteiger partial charge is 0.282 e. The molecule has 0 aliphatic carbocycles. The highest BCUT2D eigenvalue weighted by atomic mass is 79.9. The van der Waals surface area contributed by atoms with Crippen molar-refractivity contribution in [1.82, 2.24) is 0 Å². The van der Waals surface area contributed by atoms with Gasteiger partial charge in [-0.3, -0.25) is 4.72 Å². The van der Waals surface area contributed by atoms with Crippen molar-refractivity contribution >= 4 is 53.1 Å². The minimum Gasteiger partial charge on any atom is -0.282 e. The summed E-state index contributed by atoms with van der Waals surface area (Å²) in [5.41, 5.74) is 0.208. The Kier molecular flexibility index (Phi) is 5.05. The highest BCUT2D eigenvalue weighted by Gasteiger charge is 2.16. The van der Waals surface area contributed by atoms with Crippen LogP contribution in [0.2, 0.25) is 5.02 Å². The summed E-state index contributed by atoms with van der Waals surface area (Å²) in [4.78, 5) is 0. The first-order valence-corrected chi connectivity index (χ1v) is 9.61. The Hall–Kier alpha value is -0.310. The van der Waals surface area contributed by atoms with Crippen molar-refractivity contribution in [1.29, 1.82) is 0 Å². The van der Waals surface area contributed by atoms with Crippen molar-refractivity contribution in [2.45, 2.75) is 0 Å². The van der Waals surface area contributed by atoms with Gasteiger partial charge in [0.15, 0.2) is 0 Å². The second-order valence-corrected chi connectivity index (χ2v) is 9.10. The monoisotopic (exact) mass is 375 g/mol. The Bertz CT molecular complexity index is 643. The molecular weight excluding hydrogens is 366 g/mol. The standard InChI is InChI=1S/C9H11BrClNO4S2/c1-17(13,14)4-5-18(15,16)12-9-6-7(10)2-3-8(9)11/h2-3,6,12H,4-5H2,1H3. The van der Waals surface area contributed by atoms with Crippen LogP contribution in [0.15, 0.2) is 22.7 Å². The van der Waals surface area contributed by atoms with Crippen molar-refractivity contribution in [3.05, 3.63) is 27.7 Å². The summed E-state index contributed by atoms with van der Waals surface area (Å²) in [6, 6.07) is 4.69. The molecule has 0 amide bonds. The van der Waals surface area contributed by atoms with Gasteiger partial charge >= 0.3 is 0 Å². The maximum atomic E-state index is 11.7. The van der Waals surface area contributed by atoms with Gasteiger partial charge in [-0.05, 0) is 18.2 Å². The molecule has 0 aliphatic heterocycles. The molecule has 18 heavy (non-hydrogen) atoms. The van der Waals surface area contributed by atoms with Crippen molar-refractivity contribution in [3.8, 4) is 0 Å². The molecule has 0 saturated heterocycles. The van der Waals surface area contributed by atoms with E-state index in [9.17, 15) is 16.8 Å². The van der Waals surface area contributed by atoms with E-state index in [4.69, 9.17) is 11.6 Å². The molecule has 0 aliphatic rings. The quantitative estimate of drug-likeness (QED) is 0.851. The topological polar surface area (TPSA) is 80.3 Å². The number of hydrogen-bond donors (Lipinski definition) is 1. The van der Waals surface area contributed by atoms with Crippen LogP contribution in [0.25, 0.3) is 0 Å². The van der Waals surface area contributed by atoms with Crippen molar-refractivity contribution < 1.29 is 16.8 Å². The molecule has 0 aromatic heterocycles. The molecule has 0 heterocycles. The van der Waals surface area contributed by atoms with E-state index >= 15 is 0 Å².